The summed E-state index contributed by atoms with van der Waals surface area (Å²) < 4.78 is 11.5. The van der Waals surface area contributed by atoms with Gasteiger partial charge in [-0.3, -0.25) is 4.90 Å². The largest absolute Gasteiger partial charge is 0.489 e. The van der Waals surface area contributed by atoms with Crippen LogP contribution in [0.25, 0.3) is 0 Å². The first-order chi connectivity index (χ1) is 10.6. The summed E-state index contributed by atoms with van der Waals surface area (Å²) in [5.41, 5.74) is 7.25. The van der Waals surface area contributed by atoms with Gasteiger partial charge in [0.15, 0.2) is 11.5 Å². The number of ether oxygens (including phenoxy) is 2. The van der Waals surface area contributed by atoms with Crippen LogP contribution in [0, 0.1) is 5.92 Å². The highest BCUT2D eigenvalue weighted by Gasteiger charge is 2.23. The van der Waals surface area contributed by atoms with E-state index in [9.17, 15) is 0 Å². The van der Waals surface area contributed by atoms with Gasteiger partial charge in [0, 0.05) is 25.6 Å². The van der Waals surface area contributed by atoms with Crippen molar-refractivity contribution < 1.29 is 9.47 Å². The monoisotopic (exact) mass is 324 g/mol. The van der Waals surface area contributed by atoms with Crippen LogP contribution in [0.2, 0.25) is 5.02 Å². The van der Waals surface area contributed by atoms with Crippen molar-refractivity contribution in [2.24, 2.45) is 11.7 Å². The van der Waals surface area contributed by atoms with Gasteiger partial charge in [0.05, 0.1) is 18.2 Å². The number of rotatable bonds is 3. The van der Waals surface area contributed by atoms with Crippen molar-refractivity contribution in [2.45, 2.75) is 38.8 Å². The minimum atomic E-state index is 0.259. The number of halogens is 1. The van der Waals surface area contributed by atoms with Crippen LogP contribution in [0.1, 0.15) is 31.7 Å². The maximum Gasteiger partial charge on any atom is 0.179 e. The Morgan fingerprint density at radius 1 is 1.32 bits per heavy atom. The first kappa shape index (κ1) is 15.9. The third kappa shape index (κ3) is 3.67. The summed E-state index contributed by atoms with van der Waals surface area (Å²) in [6, 6.07) is 4.34. The number of hydrogen-bond acceptors (Lipinski definition) is 4. The highest BCUT2D eigenvalue weighted by atomic mass is 35.5. The molecular formula is C17H25ClN2O2. The van der Waals surface area contributed by atoms with Crippen molar-refractivity contribution in [1.82, 2.24) is 4.90 Å². The SMILES string of the molecule is CC(N)C1CCCN(Cc2cc(Cl)c3c(c2)OCCCO3)C1. The zero-order valence-electron chi connectivity index (χ0n) is 13.2. The summed E-state index contributed by atoms with van der Waals surface area (Å²) >= 11 is 6.37. The molecule has 0 amide bonds. The predicted molar refractivity (Wildman–Crippen MR) is 88.7 cm³/mol. The van der Waals surface area contributed by atoms with Crippen molar-refractivity contribution in [1.29, 1.82) is 0 Å². The van der Waals surface area contributed by atoms with E-state index >= 15 is 0 Å². The highest BCUT2D eigenvalue weighted by Crippen LogP contribution is 2.38. The van der Waals surface area contributed by atoms with Crippen LogP contribution in [0.15, 0.2) is 12.1 Å². The van der Waals surface area contributed by atoms with Gasteiger partial charge < -0.3 is 15.2 Å². The molecule has 2 aliphatic rings. The molecule has 2 N–H and O–H groups in total. The lowest BCUT2D eigenvalue weighted by molar-refractivity contribution is 0.154. The lowest BCUT2D eigenvalue weighted by atomic mass is 9.92. The smallest absolute Gasteiger partial charge is 0.179 e. The maximum atomic E-state index is 6.37. The van der Waals surface area contributed by atoms with Gasteiger partial charge in [-0.05, 0) is 49.9 Å². The molecule has 4 nitrogen and oxygen atoms in total. The van der Waals surface area contributed by atoms with Gasteiger partial charge in [-0.1, -0.05) is 11.6 Å². The van der Waals surface area contributed by atoms with E-state index in [1.165, 1.54) is 18.4 Å². The van der Waals surface area contributed by atoms with E-state index < -0.39 is 0 Å². The highest BCUT2D eigenvalue weighted by molar-refractivity contribution is 6.32. The third-order valence-electron chi connectivity index (χ3n) is 4.55. The molecule has 1 saturated heterocycles. The van der Waals surface area contributed by atoms with Gasteiger partial charge in [-0.15, -0.1) is 0 Å². The van der Waals surface area contributed by atoms with Crippen molar-refractivity contribution in [2.75, 3.05) is 26.3 Å². The van der Waals surface area contributed by atoms with E-state index in [-0.39, 0.29) is 6.04 Å². The lowest BCUT2D eigenvalue weighted by Crippen LogP contribution is -2.41. The van der Waals surface area contributed by atoms with Crippen molar-refractivity contribution >= 4 is 11.6 Å². The number of nitrogens with zero attached hydrogens (tertiary/aromatic N) is 1. The molecule has 22 heavy (non-hydrogen) atoms. The molecule has 1 aromatic carbocycles. The third-order valence-corrected chi connectivity index (χ3v) is 4.83. The van der Waals surface area contributed by atoms with Crippen LogP contribution in [0.3, 0.4) is 0 Å². The zero-order chi connectivity index (χ0) is 15.5. The number of benzene rings is 1. The molecule has 0 saturated carbocycles. The number of likely N-dealkylation sites (tertiary alicyclic amines) is 1. The van der Waals surface area contributed by atoms with Crippen LogP contribution in [0.4, 0.5) is 0 Å². The van der Waals surface area contributed by atoms with Gasteiger partial charge in [-0.25, -0.2) is 0 Å². The molecule has 0 aromatic heterocycles. The topological polar surface area (TPSA) is 47.7 Å². The molecule has 0 radical (unpaired) electrons. The molecule has 2 aliphatic heterocycles. The van der Waals surface area contributed by atoms with Crippen molar-refractivity contribution in [3.63, 3.8) is 0 Å². The molecule has 0 aliphatic carbocycles. The van der Waals surface area contributed by atoms with E-state index in [2.05, 4.69) is 17.9 Å². The maximum absolute atomic E-state index is 6.37. The van der Waals surface area contributed by atoms with E-state index in [1.54, 1.807) is 0 Å². The number of hydrogen-bond donors (Lipinski definition) is 1. The Labute approximate surface area is 137 Å². The average Bonchev–Trinajstić information content (AvgIpc) is 2.73. The van der Waals surface area contributed by atoms with Gasteiger partial charge in [0.1, 0.15) is 0 Å². The Kier molecular flexibility index (Phi) is 5.11. The second-order valence-corrected chi connectivity index (χ2v) is 6.86. The fourth-order valence-corrected chi connectivity index (χ4v) is 3.59. The molecular weight excluding hydrogens is 300 g/mol. The zero-order valence-corrected chi connectivity index (χ0v) is 13.9. The Morgan fingerprint density at radius 2 is 2.14 bits per heavy atom. The van der Waals surface area contributed by atoms with Gasteiger partial charge in [0.25, 0.3) is 0 Å². The molecule has 1 aromatic rings. The summed E-state index contributed by atoms with van der Waals surface area (Å²) in [6.07, 6.45) is 3.34. The molecule has 2 atom stereocenters. The number of piperidine rings is 1. The Morgan fingerprint density at radius 3 is 2.95 bits per heavy atom. The normalized spacial score (nSPS) is 23.9. The standard InChI is InChI=1S/C17H25ClN2O2/c1-12(19)14-4-2-5-20(11-14)10-13-8-15(18)17-16(9-13)21-6-3-7-22-17/h8-9,12,14H,2-7,10-11,19H2,1H3. The van der Waals surface area contributed by atoms with Crippen LogP contribution in [0.5, 0.6) is 11.5 Å². The fourth-order valence-electron chi connectivity index (χ4n) is 3.30. The van der Waals surface area contributed by atoms with Crippen LogP contribution >= 0.6 is 11.6 Å². The van der Waals surface area contributed by atoms with Crippen molar-refractivity contribution in [3.05, 3.63) is 22.7 Å². The van der Waals surface area contributed by atoms with Crippen molar-refractivity contribution in [3.8, 4) is 11.5 Å². The van der Waals surface area contributed by atoms with Gasteiger partial charge in [0.2, 0.25) is 0 Å². The molecule has 2 unspecified atom stereocenters. The lowest BCUT2D eigenvalue weighted by Gasteiger charge is -2.34. The second-order valence-electron chi connectivity index (χ2n) is 6.45. The van der Waals surface area contributed by atoms with E-state index in [0.29, 0.717) is 29.9 Å². The Hall–Kier alpha value is -0.970. The van der Waals surface area contributed by atoms with Crippen LogP contribution in [-0.2, 0) is 6.54 Å². The fraction of sp³-hybridized carbons (Fsp3) is 0.647. The van der Waals surface area contributed by atoms with E-state index in [1.807, 2.05) is 6.07 Å². The number of nitrogens with two attached hydrogens (primary N) is 1. The van der Waals surface area contributed by atoms with E-state index in [4.69, 9.17) is 26.8 Å². The molecule has 1 fully saturated rings. The summed E-state index contributed by atoms with van der Waals surface area (Å²) in [7, 11) is 0. The molecule has 0 spiro atoms. The minimum absolute atomic E-state index is 0.259. The Bertz CT molecular complexity index is 522. The number of fused-ring (bicyclic) bond motifs is 1. The second kappa shape index (κ2) is 7.07. The van der Waals surface area contributed by atoms with Crippen LogP contribution < -0.4 is 15.2 Å². The van der Waals surface area contributed by atoms with Gasteiger partial charge >= 0.3 is 0 Å². The molecule has 2 heterocycles. The van der Waals surface area contributed by atoms with E-state index in [0.717, 1.165) is 31.8 Å². The van der Waals surface area contributed by atoms with Gasteiger partial charge in [-0.2, -0.15) is 0 Å². The molecule has 0 bridgehead atoms. The predicted octanol–water partition coefficient (Wildman–Crippen LogP) is 3.06. The molecule has 122 valence electrons. The summed E-state index contributed by atoms with van der Waals surface area (Å²) in [6.45, 7) is 6.52. The summed E-state index contributed by atoms with van der Waals surface area (Å²) in [5, 5.41) is 0.648. The Balaban J connectivity index is 1.72. The summed E-state index contributed by atoms with van der Waals surface area (Å²) in [5.74, 6) is 2.06. The summed E-state index contributed by atoms with van der Waals surface area (Å²) in [4.78, 5) is 2.47. The molecule has 3 rings (SSSR count). The average molecular weight is 325 g/mol. The first-order valence-corrected chi connectivity index (χ1v) is 8.57. The first-order valence-electron chi connectivity index (χ1n) is 8.19. The quantitative estimate of drug-likeness (QED) is 0.928. The van der Waals surface area contributed by atoms with Crippen LogP contribution in [-0.4, -0.2) is 37.2 Å². The minimum Gasteiger partial charge on any atom is -0.489 e. The molecule has 5 heteroatoms.